The number of benzene rings is 2. The highest BCUT2D eigenvalue weighted by Gasteiger charge is 2.08. The molecule has 0 aliphatic rings. The van der Waals surface area contributed by atoms with Crippen molar-refractivity contribution in [1.82, 2.24) is 10.7 Å². The van der Waals surface area contributed by atoms with Crippen LogP contribution < -0.4 is 15.5 Å². The lowest BCUT2D eigenvalue weighted by Crippen LogP contribution is -2.31. The number of phenols is 2. The Morgan fingerprint density at radius 2 is 2.00 bits per heavy atom. The first-order chi connectivity index (χ1) is 11.5. The van der Waals surface area contributed by atoms with Crippen LogP contribution in [0.2, 0.25) is 0 Å². The number of methoxy groups -OCH3 is 1. The summed E-state index contributed by atoms with van der Waals surface area (Å²) in [6, 6.07) is 8.89. The monoisotopic (exact) mass is 349 g/mol. The molecule has 0 fully saturated rings. The van der Waals surface area contributed by atoms with Crippen molar-refractivity contribution < 1.29 is 19.3 Å². The van der Waals surface area contributed by atoms with Gasteiger partial charge in [0.25, 0.3) is 0 Å². The quantitative estimate of drug-likeness (QED) is 0.287. The van der Waals surface area contributed by atoms with Gasteiger partial charge in [-0.25, -0.2) is 4.39 Å². The molecule has 4 N–H and O–H groups in total. The molecule has 8 heteroatoms. The number of rotatable bonds is 5. The van der Waals surface area contributed by atoms with Crippen molar-refractivity contribution in [3.05, 3.63) is 53.3 Å². The molecule has 126 valence electrons. The Morgan fingerprint density at radius 1 is 1.29 bits per heavy atom. The summed E-state index contributed by atoms with van der Waals surface area (Å²) in [5, 5.41) is 26.2. The summed E-state index contributed by atoms with van der Waals surface area (Å²) in [4.78, 5) is 0. The number of aromatic hydroxyl groups is 2. The second kappa shape index (κ2) is 8.11. The Kier molecular flexibility index (Phi) is 5.91. The van der Waals surface area contributed by atoms with Crippen LogP contribution in [0, 0.1) is 5.82 Å². The van der Waals surface area contributed by atoms with Crippen LogP contribution in [0.15, 0.2) is 41.5 Å². The van der Waals surface area contributed by atoms with Gasteiger partial charge in [-0.2, -0.15) is 5.10 Å². The predicted octanol–water partition coefficient (Wildman–Crippen LogP) is 2.24. The molecule has 0 amide bonds. The molecular formula is C16H16FN3O3S. The number of hydrazone groups is 1. The molecule has 0 aliphatic carbocycles. The Balaban J connectivity index is 1.88. The van der Waals surface area contributed by atoms with Crippen LogP contribution >= 0.6 is 12.2 Å². The minimum absolute atomic E-state index is 0.133. The van der Waals surface area contributed by atoms with Crippen molar-refractivity contribution in [3.8, 4) is 17.2 Å². The highest BCUT2D eigenvalue weighted by Crippen LogP contribution is 2.35. The zero-order chi connectivity index (χ0) is 17.5. The highest BCUT2D eigenvalue weighted by atomic mass is 32.1. The van der Waals surface area contributed by atoms with E-state index in [4.69, 9.17) is 17.0 Å². The number of nitrogens with zero attached hydrogens (tertiary/aromatic N) is 1. The summed E-state index contributed by atoms with van der Waals surface area (Å²) in [5.74, 6) is -0.808. The lowest BCUT2D eigenvalue weighted by molar-refractivity contribution is 0.351. The third-order valence-electron chi connectivity index (χ3n) is 3.04. The summed E-state index contributed by atoms with van der Waals surface area (Å²) in [7, 11) is 1.38. The average molecular weight is 349 g/mol. The molecule has 0 unspecified atom stereocenters. The Labute approximate surface area is 143 Å². The van der Waals surface area contributed by atoms with Crippen LogP contribution in [0.25, 0.3) is 0 Å². The van der Waals surface area contributed by atoms with E-state index in [1.807, 2.05) is 0 Å². The van der Waals surface area contributed by atoms with Crippen LogP contribution in [0.1, 0.15) is 11.1 Å². The number of hydrogen-bond acceptors (Lipinski definition) is 5. The smallest absolute Gasteiger partial charge is 0.200 e. The Hall–Kier alpha value is -2.87. The van der Waals surface area contributed by atoms with Gasteiger partial charge in [0.15, 0.2) is 16.6 Å². The Morgan fingerprint density at radius 3 is 2.67 bits per heavy atom. The standard InChI is InChI=1S/C16H16FN3O3S/c1-23-14-7-11(6-13(21)15(14)22)9-19-20-16(24)18-8-10-2-4-12(17)5-3-10/h2-7,9,21-22H,8H2,1H3,(H2,18,20,24)/b19-9+. The first kappa shape index (κ1) is 17.5. The molecule has 0 spiro atoms. The summed E-state index contributed by atoms with van der Waals surface area (Å²) in [5.41, 5.74) is 4.00. The third kappa shape index (κ3) is 4.82. The minimum atomic E-state index is -0.334. The van der Waals surface area contributed by atoms with E-state index in [0.717, 1.165) is 5.56 Å². The SMILES string of the molecule is COc1cc(/C=N/NC(=S)NCc2ccc(F)cc2)cc(O)c1O. The van der Waals surface area contributed by atoms with Gasteiger partial charge in [-0.05, 0) is 42.0 Å². The largest absolute Gasteiger partial charge is 0.504 e. The van der Waals surface area contributed by atoms with Crippen LogP contribution in [-0.2, 0) is 6.54 Å². The fourth-order valence-corrected chi connectivity index (χ4v) is 1.96. The third-order valence-corrected chi connectivity index (χ3v) is 3.28. The number of thiocarbonyl (C=S) groups is 1. The van der Waals surface area contributed by atoms with Crippen molar-refractivity contribution in [2.75, 3.05) is 7.11 Å². The van der Waals surface area contributed by atoms with Crippen LogP contribution in [-0.4, -0.2) is 28.6 Å². The molecule has 24 heavy (non-hydrogen) atoms. The Bertz CT molecular complexity index is 751. The number of phenolic OH excluding ortho intramolecular Hbond substituents is 2. The lowest BCUT2D eigenvalue weighted by atomic mass is 10.2. The molecule has 0 saturated heterocycles. The van der Waals surface area contributed by atoms with Crippen molar-refractivity contribution in [1.29, 1.82) is 0 Å². The minimum Gasteiger partial charge on any atom is -0.504 e. The molecule has 0 aliphatic heterocycles. The predicted molar refractivity (Wildman–Crippen MR) is 92.9 cm³/mol. The maximum atomic E-state index is 12.8. The maximum absolute atomic E-state index is 12.8. The van der Waals surface area contributed by atoms with Gasteiger partial charge in [-0.1, -0.05) is 12.1 Å². The molecule has 0 radical (unpaired) electrons. The highest BCUT2D eigenvalue weighted by molar-refractivity contribution is 7.80. The summed E-state index contributed by atoms with van der Waals surface area (Å²) >= 11 is 5.07. The van der Waals surface area contributed by atoms with Crippen molar-refractivity contribution in [2.24, 2.45) is 5.10 Å². The molecule has 2 rings (SSSR count). The fraction of sp³-hybridized carbons (Fsp3) is 0.125. The van der Waals surface area contributed by atoms with E-state index in [1.165, 1.54) is 37.6 Å². The van der Waals surface area contributed by atoms with E-state index in [0.29, 0.717) is 12.1 Å². The van der Waals surface area contributed by atoms with Gasteiger partial charge >= 0.3 is 0 Å². The van der Waals surface area contributed by atoms with Crippen molar-refractivity contribution in [3.63, 3.8) is 0 Å². The van der Waals surface area contributed by atoms with Crippen LogP contribution in [0.4, 0.5) is 4.39 Å². The van der Waals surface area contributed by atoms with E-state index in [9.17, 15) is 14.6 Å². The van der Waals surface area contributed by atoms with E-state index in [1.54, 1.807) is 12.1 Å². The maximum Gasteiger partial charge on any atom is 0.200 e. The van der Waals surface area contributed by atoms with Gasteiger partial charge in [0.05, 0.1) is 13.3 Å². The zero-order valence-corrected chi connectivity index (χ0v) is 13.6. The molecule has 6 nitrogen and oxygen atoms in total. The second-order valence-electron chi connectivity index (χ2n) is 4.77. The zero-order valence-electron chi connectivity index (χ0n) is 12.8. The fourth-order valence-electron chi connectivity index (χ4n) is 1.83. The second-order valence-corrected chi connectivity index (χ2v) is 5.18. The van der Waals surface area contributed by atoms with E-state index >= 15 is 0 Å². The molecule has 0 heterocycles. The molecule has 0 bridgehead atoms. The number of hydrogen-bond donors (Lipinski definition) is 4. The van der Waals surface area contributed by atoms with Gasteiger partial charge in [0, 0.05) is 12.1 Å². The van der Waals surface area contributed by atoms with Crippen molar-refractivity contribution >= 4 is 23.5 Å². The molecule has 0 aromatic heterocycles. The topological polar surface area (TPSA) is 86.1 Å². The van der Waals surface area contributed by atoms with E-state index < -0.39 is 0 Å². The average Bonchev–Trinajstić information content (AvgIpc) is 2.57. The molecular weight excluding hydrogens is 333 g/mol. The molecule has 0 saturated carbocycles. The summed E-state index contributed by atoms with van der Waals surface area (Å²) < 4.78 is 17.7. The van der Waals surface area contributed by atoms with Crippen LogP contribution in [0.5, 0.6) is 17.2 Å². The van der Waals surface area contributed by atoms with Crippen molar-refractivity contribution in [2.45, 2.75) is 6.54 Å². The molecule has 2 aromatic carbocycles. The van der Waals surface area contributed by atoms with Gasteiger partial charge < -0.3 is 20.3 Å². The normalized spacial score (nSPS) is 10.6. The molecule has 0 atom stereocenters. The van der Waals surface area contributed by atoms with Crippen LogP contribution in [0.3, 0.4) is 0 Å². The first-order valence-electron chi connectivity index (χ1n) is 6.91. The summed E-state index contributed by atoms with van der Waals surface area (Å²) in [6.45, 7) is 0.426. The van der Waals surface area contributed by atoms with Gasteiger partial charge in [-0.15, -0.1) is 0 Å². The molecule has 2 aromatic rings. The summed E-state index contributed by atoms with van der Waals surface area (Å²) in [6.07, 6.45) is 1.41. The van der Waals surface area contributed by atoms with Gasteiger partial charge in [0.2, 0.25) is 5.75 Å². The van der Waals surface area contributed by atoms with E-state index in [2.05, 4.69) is 15.8 Å². The van der Waals surface area contributed by atoms with Gasteiger partial charge in [-0.3, -0.25) is 5.43 Å². The lowest BCUT2D eigenvalue weighted by Gasteiger charge is -2.08. The number of halogens is 1. The number of nitrogens with one attached hydrogen (secondary N) is 2. The first-order valence-corrected chi connectivity index (χ1v) is 7.31. The van der Waals surface area contributed by atoms with Gasteiger partial charge in [0.1, 0.15) is 5.82 Å². The number of ether oxygens (including phenoxy) is 1. The van der Waals surface area contributed by atoms with E-state index in [-0.39, 0.29) is 28.2 Å².